The largest absolute Gasteiger partial charge is 0.503 e. The number of amides is 1. The Morgan fingerprint density at radius 2 is 1.67 bits per heavy atom. The van der Waals surface area contributed by atoms with Gasteiger partial charge in [0.05, 0.1) is 32.4 Å². The second kappa shape index (κ2) is 9.26. The minimum absolute atomic E-state index is 0.0153. The lowest BCUT2D eigenvalue weighted by atomic mass is 9.92. The molecule has 36 heavy (non-hydrogen) atoms. The van der Waals surface area contributed by atoms with Crippen LogP contribution in [0.15, 0.2) is 88.5 Å². The smallest absolute Gasteiger partial charge is 0.290 e. The van der Waals surface area contributed by atoms with Gasteiger partial charge in [0.25, 0.3) is 5.91 Å². The van der Waals surface area contributed by atoms with Crippen LogP contribution in [0, 0.1) is 6.92 Å². The van der Waals surface area contributed by atoms with E-state index in [4.69, 9.17) is 13.9 Å². The highest BCUT2D eigenvalue weighted by molar-refractivity contribution is 6.16. The minimum atomic E-state index is -0.814. The van der Waals surface area contributed by atoms with Crippen molar-refractivity contribution in [1.82, 2.24) is 4.90 Å². The van der Waals surface area contributed by atoms with Crippen LogP contribution in [0.4, 0.5) is 0 Å². The van der Waals surface area contributed by atoms with Gasteiger partial charge < -0.3 is 23.9 Å². The van der Waals surface area contributed by atoms with E-state index in [1.807, 2.05) is 49.4 Å². The van der Waals surface area contributed by atoms with Crippen LogP contribution in [0.1, 0.15) is 33.3 Å². The Bertz CT molecular complexity index is 1520. The van der Waals surface area contributed by atoms with Crippen LogP contribution in [0.3, 0.4) is 0 Å². The van der Waals surface area contributed by atoms with Crippen molar-refractivity contribution >= 4 is 22.7 Å². The van der Waals surface area contributed by atoms with Crippen LogP contribution in [0.25, 0.3) is 11.0 Å². The molecule has 1 amide bonds. The maximum atomic E-state index is 13.8. The fraction of sp³-hybridized carbons (Fsp3) is 0.172. The predicted octanol–water partition coefficient (Wildman–Crippen LogP) is 5.54. The fourth-order valence-corrected chi connectivity index (χ4v) is 4.72. The van der Waals surface area contributed by atoms with Gasteiger partial charge in [0.2, 0.25) is 5.78 Å². The van der Waals surface area contributed by atoms with Gasteiger partial charge in [-0.25, -0.2) is 0 Å². The van der Waals surface area contributed by atoms with E-state index in [0.717, 1.165) is 16.7 Å². The molecule has 7 nitrogen and oxygen atoms in total. The summed E-state index contributed by atoms with van der Waals surface area (Å²) in [6, 6.07) is 21.0. The molecular formula is C29H25NO6. The highest BCUT2D eigenvalue weighted by Gasteiger charge is 2.45. The molecule has 4 aromatic rings. The number of rotatable bonds is 7. The summed E-state index contributed by atoms with van der Waals surface area (Å²) < 4.78 is 16.7. The number of carbonyl (C=O) groups excluding carboxylic acids is 2. The Morgan fingerprint density at radius 1 is 0.972 bits per heavy atom. The average Bonchev–Trinajstić information content (AvgIpc) is 3.44. The molecule has 1 N–H and O–H groups in total. The number of fused-ring (bicyclic) bond motifs is 1. The van der Waals surface area contributed by atoms with Crippen LogP contribution in [-0.4, -0.2) is 35.9 Å². The molecule has 5 rings (SSSR count). The molecule has 182 valence electrons. The molecule has 1 unspecified atom stereocenters. The van der Waals surface area contributed by atoms with E-state index >= 15 is 0 Å². The van der Waals surface area contributed by atoms with Crippen molar-refractivity contribution in [2.75, 3.05) is 14.2 Å². The number of aryl methyl sites for hydroxylation is 1. The van der Waals surface area contributed by atoms with E-state index in [2.05, 4.69) is 0 Å². The molecule has 3 aromatic carbocycles. The Kier molecular flexibility index (Phi) is 5.98. The molecule has 0 spiro atoms. The first kappa shape index (κ1) is 23.2. The second-order valence-electron chi connectivity index (χ2n) is 8.58. The lowest BCUT2D eigenvalue weighted by Crippen LogP contribution is -2.31. The zero-order valence-electron chi connectivity index (χ0n) is 20.1. The normalized spacial score (nSPS) is 15.6. The van der Waals surface area contributed by atoms with Crippen molar-refractivity contribution in [3.63, 3.8) is 0 Å². The van der Waals surface area contributed by atoms with Gasteiger partial charge in [-0.1, -0.05) is 54.6 Å². The van der Waals surface area contributed by atoms with Crippen molar-refractivity contribution in [2.45, 2.75) is 19.5 Å². The van der Waals surface area contributed by atoms with E-state index in [1.165, 1.54) is 12.0 Å². The quantitative estimate of drug-likeness (QED) is 0.347. The zero-order valence-corrected chi connectivity index (χ0v) is 20.1. The monoisotopic (exact) mass is 483 g/mol. The molecule has 0 fully saturated rings. The van der Waals surface area contributed by atoms with Gasteiger partial charge in [0.15, 0.2) is 22.9 Å². The predicted molar refractivity (Wildman–Crippen MR) is 134 cm³/mol. The highest BCUT2D eigenvalue weighted by atomic mass is 16.5. The van der Waals surface area contributed by atoms with Crippen molar-refractivity contribution in [1.29, 1.82) is 0 Å². The number of ether oxygens (including phenoxy) is 2. The van der Waals surface area contributed by atoms with Crippen molar-refractivity contribution in [2.24, 2.45) is 0 Å². The summed E-state index contributed by atoms with van der Waals surface area (Å²) in [7, 11) is 3.08. The maximum absolute atomic E-state index is 13.8. The van der Waals surface area contributed by atoms with Crippen molar-refractivity contribution in [3.05, 3.63) is 107 Å². The number of methoxy groups -OCH3 is 2. The lowest BCUT2D eigenvalue weighted by Gasteiger charge is -2.28. The highest BCUT2D eigenvalue weighted by Crippen LogP contribution is 2.42. The summed E-state index contributed by atoms with van der Waals surface area (Å²) in [6.07, 6.45) is 0. The molecule has 2 heterocycles. The molecule has 0 saturated heterocycles. The summed E-state index contributed by atoms with van der Waals surface area (Å²) in [5.41, 5.74) is 2.77. The van der Waals surface area contributed by atoms with E-state index < -0.39 is 23.5 Å². The lowest BCUT2D eigenvalue weighted by molar-refractivity contribution is -0.130. The van der Waals surface area contributed by atoms with Crippen LogP contribution >= 0.6 is 0 Å². The van der Waals surface area contributed by atoms with E-state index in [1.54, 1.807) is 37.4 Å². The van der Waals surface area contributed by atoms with Crippen LogP contribution in [0.2, 0.25) is 0 Å². The zero-order chi connectivity index (χ0) is 25.4. The molecule has 0 bridgehead atoms. The number of ketones is 1. The van der Waals surface area contributed by atoms with Gasteiger partial charge in [-0.2, -0.15) is 0 Å². The first-order valence-corrected chi connectivity index (χ1v) is 11.5. The summed E-state index contributed by atoms with van der Waals surface area (Å²) in [5, 5.41) is 11.7. The number of hydrogen-bond acceptors (Lipinski definition) is 6. The van der Waals surface area contributed by atoms with Crippen molar-refractivity contribution in [3.8, 4) is 11.5 Å². The van der Waals surface area contributed by atoms with Gasteiger partial charge in [0.1, 0.15) is 5.75 Å². The van der Waals surface area contributed by atoms with Crippen LogP contribution in [-0.2, 0) is 11.3 Å². The van der Waals surface area contributed by atoms with Gasteiger partial charge >= 0.3 is 0 Å². The minimum Gasteiger partial charge on any atom is -0.503 e. The molecular weight excluding hydrogens is 458 g/mol. The third kappa shape index (κ3) is 3.79. The Morgan fingerprint density at radius 3 is 2.42 bits per heavy atom. The summed E-state index contributed by atoms with van der Waals surface area (Å²) in [5.74, 6) is -0.670. The summed E-state index contributed by atoms with van der Waals surface area (Å²) >= 11 is 0. The number of Topliss-reactive ketones (excluding diaryl/α,β-unsaturated/α-hetero) is 1. The Labute approximate surface area is 208 Å². The van der Waals surface area contributed by atoms with Crippen LogP contribution in [0.5, 0.6) is 11.5 Å². The molecule has 1 aromatic heterocycles. The number of para-hydroxylation sites is 2. The molecule has 0 radical (unpaired) electrons. The first-order valence-electron chi connectivity index (χ1n) is 11.5. The molecule has 7 heteroatoms. The number of hydrogen-bond donors (Lipinski definition) is 1. The number of nitrogens with zero attached hydrogens (tertiary/aromatic N) is 1. The number of benzene rings is 3. The number of furan rings is 1. The third-order valence-electron chi connectivity index (χ3n) is 6.52. The molecule has 1 aliphatic rings. The molecule has 0 saturated carbocycles. The van der Waals surface area contributed by atoms with E-state index in [9.17, 15) is 14.7 Å². The number of aliphatic hydroxyl groups is 1. The Balaban J connectivity index is 1.63. The molecule has 1 atom stereocenters. The number of aliphatic hydroxyl groups excluding tert-OH is 1. The van der Waals surface area contributed by atoms with Gasteiger partial charge in [-0.05, 0) is 36.2 Å². The van der Waals surface area contributed by atoms with E-state index in [0.29, 0.717) is 22.5 Å². The second-order valence-corrected chi connectivity index (χ2v) is 8.58. The first-order chi connectivity index (χ1) is 17.4. The third-order valence-corrected chi connectivity index (χ3v) is 6.52. The average molecular weight is 484 g/mol. The van der Waals surface area contributed by atoms with E-state index in [-0.39, 0.29) is 17.9 Å². The van der Waals surface area contributed by atoms with Gasteiger partial charge in [-0.15, -0.1) is 0 Å². The standard InChI is InChI=1S/C29H25NO6/c1-17-9-4-6-12-20(17)25-24(26(31)23-15-18-11-8-14-22(35-3)28(18)36-23)27(32)29(33)30(25)16-19-10-5-7-13-21(19)34-2/h4-15,25,32H,16H2,1-3H3. The summed E-state index contributed by atoms with van der Waals surface area (Å²) in [6.45, 7) is 2.04. The molecule has 1 aliphatic heterocycles. The van der Waals surface area contributed by atoms with Gasteiger partial charge in [0, 0.05) is 10.9 Å². The topological polar surface area (TPSA) is 89.2 Å². The molecule has 0 aliphatic carbocycles. The Hall–Kier alpha value is -4.52. The summed E-state index contributed by atoms with van der Waals surface area (Å²) in [4.78, 5) is 28.7. The van der Waals surface area contributed by atoms with Crippen molar-refractivity contribution < 1.29 is 28.6 Å². The number of carbonyl (C=O) groups is 2. The fourth-order valence-electron chi connectivity index (χ4n) is 4.72. The SMILES string of the molecule is COc1ccccc1CN1C(=O)C(O)=C(C(=O)c2cc3cccc(OC)c3o2)C1c1ccccc1C. The maximum Gasteiger partial charge on any atom is 0.290 e. The van der Waals surface area contributed by atoms with Gasteiger partial charge in [-0.3, -0.25) is 9.59 Å². The van der Waals surface area contributed by atoms with Crippen LogP contribution < -0.4 is 9.47 Å².